The van der Waals surface area contributed by atoms with Gasteiger partial charge in [-0.3, -0.25) is 28.8 Å². The summed E-state index contributed by atoms with van der Waals surface area (Å²) >= 11 is 0. The number of esters is 5. The molecule has 358 valence electrons. The van der Waals surface area contributed by atoms with Gasteiger partial charge in [-0.25, -0.2) is 0 Å². The molecule has 2 aliphatic heterocycles. The van der Waals surface area contributed by atoms with Crippen molar-refractivity contribution in [2.75, 3.05) is 0 Å². The van der Waals surface area contributed by atoms with E-state index in [9.17, 15) is 33.9 Å². The van der Waals surface area contributed by atoms with Gasteiger partial charge in [0.05, 0.1) is 36.0 Å². The van der Waals surface area contributed by atoms with Gasteiger partial charge in [-0.2, -0.15) is 0 Å². The molecule has 11 heteroatoms. The van der Waals surface area contributed by atoms with Gasteiger partial charge in [0.15, 0.2) is 6.10 Å². The van der Waals surface area contributed by atoms with Crippen molar-refractivity contribution >= 4 is 35.8 Å². The predicted octanol–water partition coefficient (Wildman–Crippen LogP) is 7.72. The Morgan fingerprint density at radius 1 is 0.561 bits per heavy atom. The summed E-state index contributed by atoms with van der Waals surface area (Å²) in [4.78, 5) is 81.1. The van der Waals surface area contributed by atoms with Crippen LogP contribution in [-0.2, 0) is 47.7 Å². The zero-order chi connectivity index (χ0) is 45.7. The minimum absolute atomic E-state index is 0.00998. The number of carbonyl (C=O) groups excluding carboxylic acids is 5. The maximum atomic E-state index is 14.3. The Morgan fingerprint density at radius 3 is 1.56 bits per heavy atom. The van der Waals surface area contributed by atoms with Gasteiger partial charge < -0.3 is 24.1 Å². The van der Waals surface area contributed by atoms with E-state index in [1.54, 1.807) is 0 Å². The van der Waals surface area contributed by atoms with E-state index in [2.05, 4.69) is 6.92 Å². The van der Waals surface area contributed by atoms with Gasteiger partial charge in [-0.1, -0.05) is 13.8 Å². The molecule has 0 spiro atoms. The second kappa shape index (κ2) is 13.5. The summed E-state index contributed by atoms with van der Waals surface area (Å²) in [6.45, 7) is 14.1. The highest BCUT2D eigenvalue weighted by Gasteiger charge is 2.79. The van der Waals surface area contributed by atoms with Crippen molar-refractivity contribution in [1.82, 2.24) is 0 Å². The molecule has 0 amide bonds. The quantitative estimate of drug-likeness (QED) is 0.115. The van der Waals surface area contributed by atoms with E-state index in [0.717, 1.165) is 44.9 Å². The molecule has 0 aromatic carbocycles. The minimum atomic E-state index is -0.864. The molecule has 12 aliphatic carbocycles. The van der Waals surface area contributed by atoms with Crippen molar-refractivity contribution in [2.45, 2.75) is 130 Å². The zero-order valence-corrected chi connectivity index (χ0v) is 39.9. The minimum Gasteiger partial charge on any atom is -0.481 e. The number of aliphatic carboxylic acids is 1. The number of hydrogen-bond donors (Lipinski definition) is 1. The van der Waals surface area contributed by atoms with E-state index in [1.165, 1.54) is 12.8 Å². The number of ether oxygens (including phenoxy) is 4. The first-order chi connectivity index (χ1) is 31.3. The van der Waals surface area contributed by atoms with Crippen molar-refractivity contribution in [3.8, 4) is 0 Å². The lowest BCUT2D eigenvalue weighted by Crippen LogP contribution is -2.55. The number of rotatable bonds is 7. The third-order valence-electron chi connectivity index (χ3n) is 24.4. The van der Waals surface area contributed by atoms with Crippen molar-refractivity contribution in [1.29, 1.82) is 0 Å². The summed E-state index contributed by atoms with van der Waals surface area (Å²) in [5.41, 5.74) is -1.37. The van der Waals surface area contributed by atoms with E-state index < -0.39 is 41.1 Å². The van der Waals surface area contributed by atoms with Crippen LogP contribution in [0.5, 0.6) is 0 Å². The lowest BCUT2D eigenvalue weighted by molar-refractivity contribution is -0.168. The van der Waals surface area contributed by atoms with Crippen molar-refractivity contribution in [3.63, 3.8) is 0 Å². The van der Waals surface area contributed by atoms with E-state index in [1.807, 2.05) is 41.5 Å². The lowest BCUT2D eigenvalue weighted by Gasteiger charge is -2.57. The Bertz CT molecular complexity index is 2210. The van der Waals surface area contributed by atoms with Crippen LogP contribution in [-0.4, -0.2) is 58.2 Å². The molecule has 14 fully saturated rings. The Kier molecular flexibility index (Phi) is 8.55. The van der Waals surface area contributed by atoms with Gasteiger partial charge in [0.25, 0.3) is 0 Å². The molecule has 12 bridgehead atoms. The van der Waals surface area contributed by atoms with Gasteiger partial charge in [0.2, 0.25) is 0 Å². The number of cyclic esters (lactones) is 3. The second-order valence-electron chi connectivity index (χ2n) is 27.5. The summed E-state index contributed by atoms with van der Waals surface area (Å²) in [5.74, 6) is 6.86. The number of fused-ring (bicyclic) bond motifs is 27. The first-order valence-corrected chi connectivity index (χ1v) is 26.9. The molecule has 11 nitrogen and oxygen atoms in total. The molecule has 30 unspecified atom stereocenters. The summed E-state index contributed by atoms with van der Waals surface area (Å²) < 4.78 is 23.4. The molecule has 0 aromatic rings. The normalized spacial score (nSPS) is 58.6. The highest BCUT2D eigenvalue weighted by molar-refractivity contribution is 5.96. The number of carboxylic acid groups (broad SMARTS) is 1. The molecule has 14 aliphatic rings. The lowest BCUT2D eigenvalue weighted by atomic mass is 9.47. The summed E-state index contributed by atoms with van der Waals surface area (Å²) in [5, 5.41) is 10.6. The summed E-state index contributed by atoms with van der Waals surface area (Å²) in [7, 11) is 0. The first-order valence-electron chi connectivity index (χ1n) is 26.9. The molecule has 30 atom stereocenters. The molecule has 1 N–H and O–H groups in total. The van der Waals surface area contributed by atoms with E-state index in [4.69, 9.17) is 18.9 Å². The summed E-state index contributed by atoms with van der Waals surface area (Å²) in [6, 6.07) is 0. The van der Waals surface area contributed by atoms with E-state index in [0.29, 0.717) is 107 Å². The average molecular weight is 909 g/mol. The molecule has 66 heavy (non-hydrogen) atoms. The Balaban J connectivity index is 0.836. The van der Waals surface area contributed by atoms with Crippen LogP contribution < -0.4 is 0 Å². The molecular formula is C55H72O11. The van der Waals surface area contributed by atoms with Crippen LogP contribution in [0.25, 0.3) is 0 Å². The third-order valence-corrected chi connectivity index (χ3v) is 24.4. The molecule has 12 saturated carbocycles. The average Bonchev–Trinajstić information content (AvgIpc) is 4.06. The monoisotopic (exact) mass is 909 g/mol. The van der Waals surface area contributed by atoms with Crippen LogP contribution in [0.15, 0.2) is 0 Å². The summed E-state index contributed by atoms with van der Waals surface area (Å²) in [6.07, 6.45) is 8.72. The molecular weight excluding hydrogens is 837 g/mol. The number of hydrogen-bond acceptors (Lipinski definition) is 10. The van der Waals surface area contributed by atoms with Gasteiger partial charge in [-0.05, 0) is 234 Å². The topological polar surface area (TPSA) is 160 Å². The maximum absolute atomic E-state index is 14.3. The fourth-order valence-electron chi connectivity index (χ4n) is 23.7. The molecule has 2 saturated heterocycles. The highest BCUT2D eigenvalue weighted by atomic mass is 16.6. The van der Waals surface area contributed by atoms with E-state index >= 15 is 0 Å². The van der Waals surface area contributed by atoms with Crippen LogP contribution in [0.4, 0.5) is 0 Å². The van der Waals surface area contributed by atoms with Gasteiger partial charge >= 0.3 is 35.8 Å². The Labute approximate surface area is 389 Å². The zero-order valence-electron chi connectivity index (χ0n) is 39.9. The van der Waals surface area contributed by atoms with Crippen molar-refractivity contribution in [2.24, 2.45) is 172 Å². The fourth-order valence-corrected chi connectivity index (χ4v) is 23.7. The SMILES string of the molecule is CC1C(=O)OC(=O)C1C1C2CC(C3C4CC(C(=O)OC5CC(=O)OC5(C)C)C(C4)C23)C1C1C2CC(C3C4CC(C(=O)O)C(C4)C23)C1C1C(C)C2CC1C1C3CC(CC3C(=O)OC(C)(C)C)C21. The molecule has 2 heterocycles. The number of carboxylic acids is 1. The Hall–Kier alpha value is -2.98. The van der Waals surface area contributed by atoms with Crippen molar-refractivity contribution < 1.29 is 52.8 Å². The highest BCUT2D eigenvalue weighted by Crippen LogP contribution is 2.82. The van der Waals surface area contributed by atoms with Crippen LogP contribution in [0, 0.1) is 172 Å². The fraction of sp³-hybridized carbons (Fsp3) is 0.891. The maximum Gasteiger partial charge on any atom is 0.317 e. The van der Waals surface area contributed by atoms with Crippen LogP contribution in [0.2, 0.25) is 0 Å². The molecule has 0 radical (unpaired) electrons. The predicted molar refractivity (Wildman–Crippen MR) is 233 cm³/mol. The standard InChI is InChI=1S/C55H72O11/c1-18-23-14-30(43-26-9-21(39(23)43)13-29(26)52(61)66-54(3,4)5)37(18)45-31-15-34(42-24-8-20(40(31)42)11-27(24)49(57)58)48(45)47-32-16-33(46(47)38-19(2)50(59)64-53(38)62)44-25-10-22(41(32)44)12-28(25)51(60)63-35-17-36(56)65-55(35,6)7/h18-35,37-48H,8-17H2,1-7H3,(H,57,58). The van der Waals surface area contributed by atoms with Gasteiger partial charge in [0, 0.05) is 0 Å². The second-order valence-corrected chi connectivity index (χ2v) is 27.5. The first kappa shape index (κ1) is 41.9. The van der Waals surface area contributed by atoms with Crippen molar-refractivity contribution in [3.05, 3.63) is 0 Å². The third kappa shape index (κ3) is 5.23. The van der Waals surface area contributed by atoms with Crippen LogP contribution in [0.3, 0.4) is 0 Å². The smallest absolute Gasteiger partial charge is 0.317 e. The van der Waals surface area contributed by atoms with Gasteiger partial charge in [0.1, 0.15) is 11.2 Å². The van der Waals surface area contributed by atoms with E-state index in [-0.39, 0.29) is 83.6 Å². The van der Waals surface area contributed by atoms with Crippen LogP contribution in [0.1, 0.15) is 113 Å². The molecule has 0 aromatic heterocycles. The van der Waals surface area contributed by atoms with Gasteiger partial charge in [-0.15, -0.1) is 0 Å². The number of carbonyl (C=O) groups is 6. The van der Waals surface area contributed by atoms with Crippen LogP contribution >= 0.6 is 0 Å². The largest absolute Gasteiger partial charge is 0.481 e. The molecule has 14 rings (SSSR count). The Morgan fingerprint density at radius 2 is 1.03 bits per heavy atom.